The van der Waals surface area contributed by atoms with Crippen molar-refractivity contribution in [3.05, 3.63) is 160 Å². The molecule has 0 radical (unpaired) electrons. The van der Waals surface area contributed by atoms with Crippen molar-refractivity contribution in [1.29, 1.82) is 0 Å². The summed E-state index contributed by atoms with van der Waals surface area (Å²) >= 11 is 0. The summed E-state index contributed by atoms with van der Waals surface area (Å²) < 4.78 is 17.3. The number of carbonyl (C=O) groups excluding carboxylic acids is 2. The molecule has 0 saturated heterocycles. The first-order chi connectivity index (χ1) is 26.6. The lowest BCUT2D eigenvalue weighted by Gasteiger charge is -2.17. The second kappa shape index (κ2) is 17.8. The third kappa shape index (κ3) is 9.31. The molecule has 0 saturated carbocycles. The molecule has 0 aliphatic carbocycles. The molecule has 1 aliphatic heterocycles. The highest BCUT2D eigenvalue weighted by atomic mass is 16.5. The Morgan fingerprint density at radius 2 is 1.53 bits per heavy atom. The Morgan fingerprint density at radius 3 is 2.15 bits per heavy atom. The number of H-pyrrole nitrogens is 2. The van der Waals surface area contributed by atoms with Gasteiger partial charge in [0.25, 0.3) is 0 Å². The van der Waals surface area contributed by atoms with Crippen LogP contribution in [-0.2, 0) is 9.53 Å². The molecule has 0 amide bonds. The average Bonchev–Trinajstić information content (AvgIpc) is 3.93. The van der Waals surface area contributed by atoms with Crippen molar-refractivity contribution < 1.29 is 23.8 Å². The fourth-order valence-corrected chi connectivity index (χ4v) is 6.74. The third-order valence-electron chi connectivity index (χ3n) is 9.55. The number of nitrogens with zero attached hydrogens (tertiary/aromatic N) is 2. The van der Waals surface area contributed by atoms with Crippen LogP contribution in [0.1, 0.15) is 75.9 Å². The summed E-state index contributed by atoms with van der Waals surface area (Å²) in [5.41, 5.74) is 10.6. The lowest BCUT2D eigenvalue weighted by atomic mass is 9.88. The fraction of sp³-hybridized carbons (Fsp3) is 0.239. The standard InChI is InChI=1S/C46H48N4O5/c1-7-37(32-12-9-8-10-13-32)46(33-15-19-35(20-16-33)54-27-26-50(4)5)34-17-21-36(22-18-34)55-44(52)24-23-42(51)45-30(2)39(48-31(45)3)28-41-43(53-6)29-40(49-41)38-14-11-25-47-38/h8-22,25,28-29,47-48H,7,23-24,26-27H2,1-6H3/b41-28-,46-37+. The zero-order chi connectivity index (χ0) is 38.9. The summed E-state index contributed by atoms with van der Waals surface area (Å²) in [4.78, 5) is 39.8. The SMILES string of the molecule is CC/C(=C(/c1ccc(OCCN(C)C)cc1)c1ccc(OC(=O)CCC(=O)c2c(C)[nH]c(/C=C3\N=C(c4ccc[nH]4)C=C3OC)c2C)cc1)c1ccccc1. The zero-order valence-electron chi connectivity index (χ0n) is 32.4. The number of Topliss-reactive ketones (excluding diaryl/α,β-unsaturated/α-hetero) is 1. The molecule has 9 nitrogen and oxygen atoms in total. The number of nitrogens with one attached hydrogen (secondary N) is 2. The van der Waals surface area contributed by atoms with Gasteiger partial charge in [0, 0.05) is 42.2 Å². The van der Waals surface area contributed by atoms with E-state index in [4.69, 9.17) is 19.2 Å². The van der Waals surface area contributed by atoms with E-state index in [0.29, 0.717) is 29.4 Å². The molecule has 6 rings (SSSR count). The number of aryl methyl sites for hydroxylation is 1. The van der Waals surface area contributed by atoms with Gasteiger partial charge in [0.05, 0.1) is 24.9 Å². The van der Waals surface area contributed by atoms with Gasteiger partial charge in [-0.1, -0.05) is 61.5 Å². The zero-order valence-corrected chi connectivity index (χ0v) is 32.4. The van der Waals surface area contributed by atoms with Gasteiger partial charge in [0.15, 0.2) is 5.78 Å². The van der Waals surface area contributed by atoms with Crippen LogP contribution in [0.3, 0.4) is 0 Å². The predicted octanol–water partition coefficient (Wildman–Crippen LogP) is 9.21. The number of aromatic amines is 2. The number of hydrogen-bond donors (Lipinski definition) is 2. The maximum absolute atomic E-state index is 13.5. The minimum absolute atomic E-state index is 0.0173. The molecule has 1 aliphatic rings. The van der Waals surface area contributed by atoms with Crippen molar-refractivity contribution in [3.8, 4) is 11.5 Å². The van der Waals surface area contributed by atoms with Gasteiger partial charge in [0.2, 0.25) is 0 Å². The number of likely N-dealkylation sites (N-methyl/N-ethyl adjacent to an activating group) is 1. The lowest BCUT2D eigenvalue weighted by Crippen LogP contribution is -2.19. The Hall–Kier alpha value is -6.19. The molecule has 0 atom stereocenters. The molecule has 3 heterocycles. The van der Waals surface area contributed by atoms with Gasteiger partial charge >= 0.3 is 5.97 Å². The third-order valence-corrected chi connectivity index (χ3v) is 9.55. The minimum atomic E-state index is -0.472. The molecular formula is C46H48N4O5. The smallest absolute Gasteiger partial charge is 0.311 e. The highest BCUT2D eigenvalue weighted by Crippen LogP contribution is 2.36. The highest BCUT2D eigenvalue weighted by molar-refractivity contribution is 6.11. The molecule has 0 bridgehead atoms. The van der Waals surface area contributed by atoms with Crippen molar-refractivity contribution in [2.75, 3.05) is 34.4 Å². The maximum atomic E-state index is 13.5. The van der Waals surface area contributed by atoms with Gasteiger partial charge in [0.1, 0.15) is 29.6 Å². The van der Waals surface area contributed by atoms with Crippen LogP contribution in [0, 0.1) is 13.8 Å². The van der Waals surface area contributed by atoms with Crippen LogP contribution in [0.2, 0.25) is 0 Å². The molecule has 2 aromatic heterocycles. The van der Waals surface area contributed by atoms with E-state index in [1.165, 1.54) is 5.57 Å². The van der Waals surface area contributed by atoms with Crippen molar-refractivity contribution in [3.63, 3.8) is 0 Å². The minimum Gasteiger partial charge on any atom is -0.494 e. The second-order valence-corrected chi connectivity index (χ2v) is 13.7. The predicted molar refractivity (Wildman–Crippen MR) is 219 cm³/mol. The van der Waals surface area contributed by atoms with Crippen LogP contribution < -0.4 is 9.47 Å². The van der Waals surface area contributed by atoms with Crippen LogP contribution >= 0.6 is 0 Å². The van der Waals surface area contributed by atoms with Gasteiger partial charge in [-0.15, -0.1) is 0 Å². The van der Waals surface area contributed by atoms with Crippen LogP contribution in [0.25, 0.3) is 17.2 Å². The average molecular weight is 737 g/mol. The topological polar surface area (TPSA) is 109 Å². The van der Waals surface area contributed by atoms with E-state index >= 15 is 0 Å². The van der Waals surface area contributed by atoms with E-state index in [0.717, 1.165) is 69.3 Å². The summed E-state index contributed by atoms with van der Waals surface area (Å²) in [6.45, 7) is 7.35. The van der Waals surface area contributed by atoms with Crippen LogP contribution in [0.15, 0.2) is 120 Å². The second-order valence-electron chi connectivity index (χ2n) is 13.7. The molecule has 282 valence electrons. The number of rotatable bonds is 16. The van der Waals surface area contributed by atoms with Crippen molar-refractivity contribution in [2.24, 2.45) is 4.99 Å². The summed E-state index contributed by atoms with van der Waals surface area (Å²) in [7, 11) is 5.66. The molecule has 0 fully saturated rings. The van der Waals surface area contributed by atoms with Crippen LogP contribution in [0.5, 0.6) is 11.5 Å². The lowest BCUT2D eigenvalue weighted by molar-refractivity contribution is -0.134. The fourth-order valence-electron chi connectivity index (χ4n) is 6.74. The summed E-state index contributed by atoms with van der Waals surface area (Å²) in [6, 6.07) is 30.0. The molecule has 9 heteroatoms. The van der Waals surface area contributed by atoms with Crippen molar-refractivity contribution in [2.45, 2.75) is 40.0 Å². The van der Waals surface area contributed by atoms with Gasteiger partial charge in [-0.25, -0.2) is 4.99 Å². The summed E-state index contributed by atoms with van der Waals surface area (Å²) in [6.07, 6.45) is 6.38. The van der Waals surface area contributed by atoms with Crippen LogP contribution in [0.4, 0.5) is 0 Å². The number of aromatic nitrogens is 2. The molecular weight excluding hydrogens is 689 g/mol. The molecule has 5 aromatic rings. The molecule has 55 heavy (non-hydrogen) atoms. The summed E-state index contributed by atoms with van der Waals surface area (Å²) in [5, 5.41) is 0. The number of methoxy groups -OCH3 is 1. The first kappa shape index (κ1) is 38.5. The normalized spacial score (nSPS) is 13.8. The summed E-state index contributed by atoms with van der Waals surface area (Å²) in [5.74, 6) is 1.26. The van der Waals surface area contributed by atoms with E-state index < -0.39 is 5.97 Å². The maximum Gasteiger partial charge on any atom is 0.311 e. The molecule has 0 spiro atoms. The molecule has 3 aromatic carbocycles. The number of allylic oxidation sites excluding steroid dienone is 2. The Kier molecular flexibility index (Phi) is 12.4. The Morgan fingerprint density at radius 1 is 0.836 bits per heavy atom. The Bertz CT molecular complexity index is 2240. The number of esters is 1. The van der Waals surface area contributed by atoms with E-state index in [1.54, 1.807) is 7.11 Å². The van der Waals surface area contributed by atoms with E-state index in [1.807, 2.05) is 113 Å². The number of benzene rings is 3. The van der Waals surface area contributed by atoms with E-state index in [9.17, 15) is 9.59 Å². The van der Waals surface area contributed by atoms with Gasteiger partial charge < -0.3 is 29.1 Å². The highest BCUT2D eigenvalue weighted by Gasteiger charge is 2.22. The van der Waals surface area contributed by atoms with Crippen molar-refractivity contribution in [1.82, 2.24) is 14.9 Å². The monoisotopic (exact) mass is 736 g/mol. The molecule has 0 unspecified atom stereocenters. The van der Waals surface area contributed by atoms with Gasteiger partial charge in [-0.2, -0.15) is 0 Å². The van der Waals surface area contributed by atoms with Gasteiger partial charge in [-0.3, -0.25) is 9.59 Å². The molecule has 2 N–H and O–H groups in total. The first-order valence-electron chi connectivity index (χ1n) is 18.5. The Balaban J connectivity index is 1.14. The quantitative estimate of drug-likeness (QED) is 0.0453. The van der Waals surface area contributed by atoms with Crippen molar-refractivity contribution >= 4 is 34.7 Å². The number of carbonyl (C=O) groups is 2. The van der Waals surface area contributed by atoms with E-state index in [2.05, 4.69) is 46.1 Å². The number of aliphatic imine (C=N–C) groups is 1. The van der Waals surface area contributed by atoms with Gasteiger partial charge in [-0.05, 0) is 110 Å². The number of hydrogen-bond acceptors (Lipinski definition) is 7. The Labute approximate surface area is 323 Å². The number of ketones is 1. The first-order valence-corrected chi connectivity index (χ1v) is 18.5. The largest absolute Gasteiger partial charge is 0.494 e. The van der Waals surface area contributed by atoms with E-state index in [-0.39, 0.29) is 18.6 Å². The number of ether oxygens (including phenoxy) is 3. The van der Waals surface area contributed by atoms with Crippen LogP contribution in [-0.4, -0.2) is 66.7 Å².